The lowest BCUT2D eigenvalue weighted by Gasteiger charge is -2.18. The Kier molecular flexibility index (Phi) is 63.7. The van der Waals surface area contributed by atoms with Crippen LogP contribution in [0.1, 0.15) is 348 Å². The fourth-order valence-corrected chi connectivity index (χ4v) is 9.82. The molecule has 0 saturated carbocycles. The first-order valence-corrected chi connectivity index (χ1v) is 33.9. The second-order valence-corrected chi connectivity index (χ2v) is 22.7. The van der Waals surface area contributed by atoms with Gasteiger partial charge in [-0.3, -0.25) is 14.4 Å². The van der Waals surface area contributed by atoms with Gasteiger partial charge in [0.15, 0.2) is 6.10 Å². The van der Waals surface area contributed by atoms with Gasteiger partial charge >= 0.3 is 17.9 Å². The zero-order valence-corrected chi connectivity index (χ0v) is 51.9. The first-order chi connectivity index (χ1) is 38.5. The maximum Gasteiger partial charge on any atom is 0.306 e. The standard InChI is InChI=1S/C72H128O6/c1-4-7-10-13-16-19-22-25-28-30-31-32-33-34-35-36-37-38-39-40-41-43-44-47-50-53-56-59-62-65-71(74)77-68-69(67-76-70(73)64-61-58-55-52-49-46-27-24-21-18-15-12-9-6-3)78-72(75)66-63-60-57-54-51-48-45-42-29-26-23-20-17-14-11-8-5-2/h8,11,15,17-18,20,24,26-27,29-31,69H,4-7,9-10,12-14,16,19,21-23,25,28,32-68H2,1-3H3/b11-8-,18-15-,20-17-,27-24-,29-26-,31-30-. The molecule has 0 saturated heterocycles. The van der Waals surface area contributed by atoms with Gasteiger partial charge in [-0.2, -0.15) is 0 Å². The molecule has 6 nitrogen and oxygen atoms in total. The predicted octanol–water partition coefficient (Wildman–Crippen LogP) is 23.3. The summed E-state index contributed by atoms with van der Waals surface area (Å²) in [6, 6.07) is 0. The molecule has 0 N–H and O–H groups in total. The van der Waals surface area contributed by atoms with Gasteiger partial charge in [0, 0.05) is 19.3 Å². The number of esters is 3. The van der Waals surface area contributed by atoms with Crippen molar-refractivity contribution in [1.82, 2.24) is 0 Å². The number of hydrogen-bond donors (Lipinski definition) is 0. The van der Waals surface area contributed by atoms with E-state index < -0.39 is 6.10 Å². The first kappa shape index (κ1) is 74.8. The molecule has 0 aromatic rings. The van der Waals surface area contributed by atoms with Crippen molar-refractivity contribution in [3.8, 4) is 0 Å². The van der Waals surface area contributed by atoms with Crippen LogP contribution in [-0.4, -0.2) is 37.2 Å². The zero-order valence-electron chi connectivity index (χ0n) is 51.9. The van der Waals surface area contributed by atoms with E-state index in [1.807, 2.05) is 0 Å². The molecule has 0 fully saturated rings. The van der Waals surface area contributed by atoms with E-state index in [0.29, 0.717) is 19.3 Å². The molecule has 0 radical (unpaired) electrons. The number of carbonyl (C=O) groups is 3. The molecule has 1 unspecified atom stereocenters. The summed E-state index contributed by atoms with van der Waals surface area (Å²) in [6.45, 7) is 6.51. The Balaban J connectivity index is 4.22. The molecule has 78 heavy (non-hydrogen) atoms. The van der Waals surface area contributed by atoms with Crippen molar-refractivity contribution < 1.29 is 28.6 Å². The van der Waals surface area contributed by atoms with E-state index in [0.717, 1.165) is 103 Å². The number of allylic oxidation sites excluding steroid dienone is 12. The fourth-order valence-electron chi connectivity index (χ4n) is 9.82. The fraction of sp³-hybridized carbons (Fsp3) is 0.792. The van der Waals surface area contributed by atoms with Crippen LogP contribution in [0.5, 0.6) is 0 Å². The van der Waals surface area contributed by atoms with Crippen LogP contribution in [0.15, 0.2) is 72.9 Å². The number of ether oxygens (including phenoxy) is 3. The van der Waals surface area contributed by atoms with E-state index in [1.165, 1.54) is 205 Å². The van der Waals surface area contributed by atoms with E-state index >= 15 is 0 Å². The average molecular weight is 1090 g/mol. The molecule has 0 amide bonds. The molecule has 6 heteroatoms. The molecule has 1 atom stereocenters. The topological polar surface area (TPSA) is 78.9 Å². The van der Waals surface area contributed by atoms with Gasteiger partial charge in [0.05, 0.1) is 0 Å². The largest absolute Gasteiger partial charge is 0.462 e. The second-order valence-electron chi connectivity index (χ2n) is 22.7. The van der Waals surface area contributed by atoms with Crippen LogP contribution in [0.3, 0.4) is 0 Å². The lowest BCUT2D eigenvalue weighted by molar-refractivity contribution is -0.167. The summed E-state index contributed by atoms with van der Waals surface area (Å²) in [7, 11) is 0. The smallest absolute Gasteiger partial charge is 0.306 e. The van der Waals surface area contributed by atoms with Crippen molar-refractivity contribution in [3.05, 3.63) is 72.9 Å². The van der Waals surface area contributed by atoms with Gasteiger partial charge in [-0.1, -0.05) is 299 Å². The van der Waals surface area contributed by atoms with E-state index in [-0.39, 0.29) is 31.1 Å². The highest BCUT2D eigenvalue weighted by molar-refractivity contribution is 5.71. The van der Waals surface area contributed by atoms with E-state index in [2.05, 4.69) is 93.7 Å². The Hall–Kier alpha value is -3.15. The maximum absolute atomic E-state index is 12.9. The lowest BCUT2D eigenvalue weighted by Crippen LogP contribution is -2.30. The van der Waals surface area contributed by atoms with Gasteiger partial charge < -0.3 is 14.2 Å². The summed E-state index contributed by atoms with van der Waals surface area (Å²) in [6.07, 6.45) is 86.4. The van der Waals surface area contributed by atoms with Crippen LogP contribution in [0.2, 0.25) is 0 Å². The molecular formula is C72H128O6. The highest BCUT2D eigenvalue weighted by atomic mass is 16.6. The zero-order chi connectivity index (χ0) is 56.4. The maximum atomic E-state index is 12.9. The molecule has 0 aliphatic carbocycles. The minimum absolute atomic E-state index is 0.0816. The Morgan fingerprint density at radius 3 is 0.833 bits per heavy atom. The van der Waals surface area contributed by atoms with Crippen molar-refractivity contribution in [2.24, 2.45) is 0 Å². The van der Waals surface area contributed by atoms with Gasteiger partial charge in [0.1, 0.15) is 13.2 Å². The van der Waals surface area contributed by atoms with Crippen molar-refractivity contribution in [2.45, 2.75) is 354 Å². The molecule has 0 spiro atoms. The first-order valence-electron chi connectivity index (χ1n) is 33.9. The van der Waals surface area contributed by atoms with Crippen LogP contribution >= 0.6 is 0 Å². The molecule has 0 aliphatic heterocycles. The lowest BCUT2D eigenvalue weighted by atomic mass is 10.0. The summed E-state index contributed by atoms with van der Waals surface area (Å²) in [4.78, 5) is 38.3. The van der Waals surface area contributed by atoms with Crippen molar-refractivity contribution in [2.75, 3.05) is 13.2 Å². The average Bonchev–Trinajstić information content (AvgIpc) is 3.44. The van der Waals surface area contributed by atoms with Gasteiger partial charge in [-0.05, 0) is 103 Å². The highest BCUT2D eigenvalue weighted by Crippen LogP contribution is 2.17. The third kappa shape index (κ3) is 63.7. The number of unbranched alkanes of at least 4 members (excludes halogenated alkanes) is 39. The van der Waals surface area contributed by atoms with E-state index in [9.17, 15) is 14.4 Å². The van der Waals surface area contributed by atoms with Gasteiger partial charge in [0.25, 0.3) is 0 Å². The van der Waals surface area contributed by atoms with Gasteiger partial charge in [-0.25, -0.2) is 0 Å². The van der Waals surface area contributed by atoms with Crippen molar-refractivity contribution >= 4 is 17.9 Å². The van der Waals surface area contributed by atoms with Crippen LogP contribution in [-0.2, 0) is 28.6 Å². The van der Waals surface area contributed by atoms with Crippen LogP contribution < -0.4 is 0 Å². The summed E-state index contributed by atoms with van der Waals surface area (Å²) >= 11 is 0. The van der Waals surface area contributed by atoms with E-state index in [4.69, 9.17) is 14.2 Å². The van der Waals surface area contributed by atoms with Crippen molar-refractivity contribution in [3.63, 3.8) is 0 Å². The molecule has 0 rings (SSSR count). The Morgan fingerprint density at radius 1 is 0.269 bits per heavy atom. The minimum Gasteiger partial charge on any atom is -0.462 e. The summed E-state index contributed by atoms with van der Waals surface area (Å²) in [5.41, 5.74) is 0. The Bertz CT molecular complexity index is 1440. The predicted molar refractivity (Wildman–Crippen MR) is 339 cm³/mol. The minimum atomic E-state index is -0.787. The van der Waals surface area contributed by atoms with Crippen LogP contribution in [0.25, 0.3) is 0 Å². The quantitative estimate of drug-likeness (QED) is 0.0261. The third-order valence-electron chi connectivity index (χ3n) is 14.9. The second kappa shape index (κ2) is 66.4. The SMILES string of the molecule is CC/C=C\C/C=C\C/C=C\CCCCCCCCCC(=O)OC(COC(=O)CCCCCCC/C=C\C/C=C\CCCC)COC(=O)CCCCCCCCCCCCCCCCCCC/C=C\CCCCCCCCCC. The van der Waals surface area contributed by atoms with E-state index in [1.54, 1.807) is 0 Å². The monoisotopic (exact) mass is 1090 g/mol. The van der Waals surface area contributed by atoms with Gasteiger partial charge in [-0.15, -0.1) is 0 Å². The highest BCUT2D eigenvalue weighted by Gasteiger charge is 2.19. The van der Waals surface area contributed by atoms with Crippen LogP contribution in [0.4, 0.5) is 0 Å². The Labute approximate surface area is 484 Å². The molecule has 0 aliphatic rings. The third-order valence-corrected chi connectivity index (χ3v) is 14.9. The molecule has 0 aromatic carbocycles. The normalized spacial score (nSPS) is 12.5. The molecule has 0 aromatic heterocycles. The summed E-state index contributed by atoms with van der Waals surface area (Å²) < 4.78 is 16.9. The molecule has 0 heterocycles. The molecular weight excluding hydrogens is 961 g/mol. The number of rotatable bonds is 62. The summed E-state index contributed by atoms with van der Waals surface area (Å²) in [5.74, 6) is -0.890. The molecule has 0 bridgehead atoms. The number of hydrogen-bond acceptors (Lipinski definition) is 6. The number of carbonyl (C=O) groups excluding carboxylic acids is 3. The van der Waals surface area contributed by atoms with Crippen LogP contribution in [0, 0.1) is 0 Å². The molecule has 452 valence electrons. The summed E-state index contributed by atoms with van der Waals surface area (Å²) in [5, 5.41) is 0. The van der Waals surface area contributed by atoms with Crippen molar-refractivity contribution in [1.29, 1.82) is 0 Å². The Morgan fingerprint density at radius 2 is 0.513 bits per heavy atom. The van der Waals surface area contributed by atoms with Gasteiger partial charge in [0.2, 0.25) is 0 Å².